The highest BCUT2D eigenvalue weighted by molar-refractivity contribution is 5.94. The van der Waals surface area contributed by atoms with Gasteiger partial charge in [0.25, 0.3) is 0 Å². The van der Waals surface area contributed by atoms with Gasteiger partial charge in [0, 0.05) is 23.9 Å². The summed E-state index contributed by atoms with van der Waals surface area (Å²) in [6.07, 6.45) is 0. The molecular formula is C22H32N4O3. The summed E-state index contributed by atoms with van der Waals surface area (Å²) in [6.45, 7) is 12.2. The minimum Gasteiger partial charge on any atom is -0.497 e. The smallest absolute Gasteiger partial charge is 0.245 e. The van der Waals surface area contributed by atoms with Gasteiger partial charge in [0.2, 0.25) is 11.8 Å². The molecule has 0 saturated heterocycles. The first-order valence-corrected chi connectivity index (χ1v) is 9.90. The van der Waals surface area contributed by atoms with Crippen LogP contribution >= 0.6 is 0 Å². The minimum atomic E-state index is -0.254. The second kappa shape index (κ2) is 9.11. The molecule has 7 heteroatoms. The number of aromatic nitrogens is 2. The third kappa shape index (κ3) is 5.59. The molecule has 1 N–H and O–H groups in total. The van der Waals surface area contributed by atoms with Crippen LogP contribution < -0.4 is 10.1 Å². The molecule has 0 aliphatic carbocycles. The third-order valence-corrected chi connectivity index (χ3v) is 4.58. The number of anilines is 1. The Kier molecular flexibility index (Phi) is 7.06. The van der Waals surface area contributed by atoms with Crippen molar-refractivity contribution in [3.8, 4) is 11.4 Å². The van der Waals surface area contributed by atoms with E-state index in [9.17, 15) is 9.59 Å². The number of nitrogens with zero attached hydrogens (tertiary/aromatic N) is 3. The number of carbonyl (C=O) groups is 2. The van der Waals surface area contributed by atoms with Gasteiger partial charge in [0.05, 0.1) is 25.0 Å². The quantitative estimate of drug-likeness (QED) is 0.770. The van der Waals surface area contributed by atoms with Gasteiger partial charge in [-0.25, -0.2) is 4.68 Å². The average molecular weight is 401 g/mol. The molecule has 0 atom stereocenters. The summed E-state index contributed by atoms with van der Waals surface area (Å²) in [4.78, 5) is 26.5. The van der Waals surface area contributed by atoms with Gasteiger partial charge in [-0.3, -0.25) is 9.59 Å². The van der Waals surface area contributed by atoms with Crippen LogP contribution in [0.3, 0.4) is 0 Å². The van der Waals surface area contributed by atoms with Crippen molar-refractivity contribution < 1.29 is 14.3 Å². The van der Waals surface area contributed by atoms with Gasteiger partial charge in [-0.2, -0.15) is 5.10 Å². The van der Waals surface area contributed by atoms with Gasteiger partial charge in [0.15, 0.2) is 0 Å². The number of amides is 2. The summed E-state index contributed by atoms with van der Waals surface area (Å²) in [5.74, 6) is 0.865. The van der Waals surface area contributed by atoms with Crippen LogP contribution in [0.2, 0.25) is 0 Å². The highest BCUT2D eigenvalue weighted by Crippen LogP contribution is 2.27. The molecule has 0 fully saturated rings. The Morgan fingerprint density at radius 2 is 1.83 bits per heavy atom. The summed E-state index contributed by atoms with van der Waals surface area (Å²) in [5, 5.41) is 7.63. The number of hydrogen-bond acceptors (Lipinski definition) is 4. The van der Waals surface area contributed by atoms with E-state index in [0.29, 0.717) is 12.4 Å². The molecule has 0 bridgehead atoms. The van der Waals surface area contributed by atoms with E-state index >= 15 is 0 Å². The molecule has 7 nitrogen and oxygen atoms in total. The van der Waals surface area contributed by atoms with Crippen molar-refractivity contribution >= 4 is 17.6 Å². The molecule has 0 unspecified atom stereocenters. The molecule has 0 aliphatic rings. The largest absolute Gasteiger partial charge is 0.497 e. The zero-order valence-electron chi connectivity index (χ0n) is 18.4. The predicted molar refractivity (Wildman–Crippen MR) is 115 cm³/mol. The Bertz CT molecular complexity index is 848. The number of carbonyl (C=O) groups excluding carboxylic acids is 2. The summed E-state index contributed by atoms with van der Waals surface area (Å²) >= 11 is 0. The fourth-order valence-corrected chi connectivity index (χ4v) is 2.82. The maximum Gasteiger partial charge on any atom is 0.245 e. The number of ether oxygens (including phenoxy) is 1. The summed E-state index contributed by atoms with van der Waals surface area (Å²) in [5.41, 5.74) is 1.48. The monoisotopic (exact) mass is 400 g/mol. The van der Waals surface area contributed by atoms with Crippen molar-refractivity contribution in [3.05, 3.63) is 36.0 Å². The van der Waals surface area contributed by atoms with Gasteiger partial charge in [-0.05, 0) is 31.2 Å². The minimum absolute atomic E-state index is 0.00611. The number of nitrogens with one attached hydrogen (secondary N) is 1. The first-order valence-electron chi connectivity index (χ1n) is 9.90. The lowest BCUT2D eigenvalue weighted by atomic mass is 9.92. The standard InChI is InChI=1S/C22H32N4O3/c1-8-25(21(28)15(2)3)14-20(27)23-19-13-18(22(4,5)6)24-26(19)16-9-11-17(29-7)12-10-16/h9-13,15H,8,14H2,1-7H3,(H,23,27). The van der Waals surface area contributed by atoms with Crippen LogP contribution in [0.1, 0.15) is 47.2 Å². The number of methoxy groups -OCH3 is 1. The topological polar surface area (TPSA) is 76.5 Å². The molecule has 0 radical (unpaired) electrons. The highest BCUT2D eigenvalue weighted by atomic mass is 16.5. The van der Waals surface area contributed by atoms with Crippen LogP contribution in [0, 0.1) is 5.92 Å². The Balaban J connectivity index is 2.31. The van der Waals surface area contributed by atoms with E-state index in [0.717, 1.165) is 17.1 Å². The molecule has 1 aromatic heterocycles. The van der Waals surface area contributed by atoms with Crippen LogP contribution in [-0.4, -0.2) is 46.7 Å². The molecule has 0 spiro atoms. The fraction of sp³-hybridized carbons (Fsp3) is 0.500. The van der Waals surface area contributed by atoms with Crippen molar-refractivity contribution in [1.29, 1.82) is 0 Å². The molecule has 0 aliphatic heterocycles. The summed E-state index contributed by atoms with van der Waals surface area (Å²) in [7, 11) is 1.62. The molecule has 158 valence electrons. The number of benzene rings is 1. The van der Waals surface area contributed by atoms with E-state index in [2.05, 4.69) is 26.1 Å². The van der Waals surface area contributed by atoms with E-state index in [4.69, 9.17) is 9.84 Å². The lowest BCUT2D eigenvalue weighted by molar-refractivity contribution is -0.137. The van der Waals surface area contributed by atoms with Crippen molar-refractivity contribution in [3.63, 3.8) is 0 Å². The molecule has 1 heterocycles. The Morgan fingerprint density at radius 1 is 1.21 bits per heavy atom. The molecule has 2 aromatic rings. The van der Waals surface area contributed by atoms with E-state index in [1.54, 1.807) is 16.7 Å². The second-order valence-corrected chi connectivity index (χ2v) is 8.33. The maximum absolute atomic E-state index is 12.7. The van der Waals surface area contributed by atoms with Crippen LogP contribution in [0.15, 0.2) is 30.3 Å². The van der Waals surface area contributed by atoms with Crippen molar-refractivity contribution in [2.45, 2.75) is 47.0 Å². The van der Waals surface area contributed by atoms with Crippen LogP contribution in [-0.2, 0) is 15.0 Å². The van der Waals surface area contributed by atoms with Gasteiger partial charge < -0.3 is 15.0 Å². The summed E-state index contributed by atoms with van der Waals surface area (Å²) in [6, 6.07) is 9.34. The first-order chi connectivity index (χ1) is 13.6. The SMILES string of the molecule is CCN(CC(=O)Nc1cc(C(C)(C)C)nn1-c1ccc(OC)cc1)C(=O)C(C)C. The molecule has 2 amide bonds. The average Bonchev–Trinajstić information content (AvgIpc) is 3.09. The van der Waals surface area contributed by atoms with E-state index < -0.39 is 0 Å². The zero-order valence-corrected chi connectivity index (χ0v) is 18.4. The van der Waals surface area contributed by atoms with Crippen LogP contribution in [0.25, 0.3) is 5.69 Å². The van der Waals surface area contributed by atoms with Crippen molar-refractivity contribution in [2.75, 3.05) is 25.5 Å². The second-order valence-electron chi connectivity index (χ2n) is 8.33. The Hall–Kier alpha value is -2.83. The highest BCUT2D eigenvalue weighted by Gasteiger charge is 2.23. The molecule has 29 heavy (non-hydrogen) atoms. The normalized spacial score (nSPS) is 11.4. The predicted octanol–water partition coefficient (Wildman–Crippen LogP) is 3.62. The van der Waals surface area contributed by atoms with Crippen molar-refractivity contribution in [2.24, 2.45) is 5.92 Å². The van der Waals surface area contributed by atoms with Gasteiger partial charge >= 0.3 is 0 Å². The lowest BCUT2D eigenvalue weighted by Crippen LogP contribution is -2.40. The molecule has 1 aromatic carbocycles. The van der Waals surface area contributed by atoms with E-state index in [-0.39, 0.29) is 29.7 Å². The van der Waals surface area contributed by atoms with Crippen LogP contribution in [0.4, 0.5) is 5.82 Å². The maximum atomic E-state index is 12.7. The van der Waals surface area contributed by atoms with Crippen LogP contribution in [0.5, 0.6) is 5.75 Å². The van der Waals surface area contributed by atoms with E-state index in [1.807, 2.05) is 51.1 Å². The third-order valence-electron chi connectivity index (χ3n) is 4.58. The van der Waals surface area contributed by atoms with Crippen molar-refractivity contribution in [1.82, 2.24) is 14.7 Å². The summed E-state index contributed by atoms with van der Waals surface area (Å²) < 4.78 is 6.93. The lowest BCUT2D eigenvalue weighted by Gasteiger charge is -2.22. The number of rotatable bonds is 7. The zero-order chi connectivity index (χ0) is 21.8. The Morgan fingerprint density at radius 3 is 2.31 bits per heavy atom. The number of likely N-dealkylation sites (N-methyl/N-ethyl adjacent to an activating group) is 1. The van der Waals surface area contributed by atoms with Gasteiger partial charge in [-0.1, -0.05) is 34.6 Å². The molecular weight excluding hydrogens is 368 g/mol. The number of hydrogen-bond donors (Lipinski definition) is 1. The Labute approximate surface area is 173 Å². The molecule has 2 rings (SSSR count). The van der Waals surface area contributed by atoms with Gasteiger partial charge in [0.1, 0.15) is 11.6 Å². The molecule has 0 saturated carbocycles. The fourth-order valence-electron chi connectivity index (χ4n) is 2.82. The van der Waals surface area contributed by atoms with E-state index in [1.165, 1.54) is 0 Å². The van der Waals surface area contributed by atoms with Gasteiger partial charge in [-0.15, -0.1) is 0 Å². The first kappa shape index (κ1) is 22.5.